The van der Waals surface area contributed by atoms with Gasteiger partial charge in [-0.1, -0.05) is 0 Å². The molecule has 0 rings (SSSR count). The van der Waals surface area contributed by atoms with Crippen LogP contribution < -0.4 is 0 Å². The fourth-order valence-electron chi connectivity index (χ4n) is 2.12. The molecule has 0 aliphatic heterocycles. The summed E-state index contributed by atoms with van der Waals surface area (Å²) in [6.45, 7) is 0. The fourth-order valence-corrected chi connectivity index (χ4v) is 2.12. The van der Waals surface area contributed by atoms with Crippen LogP contribution in [0.15, 0.2) is 0 Å². The Labute approximate surface area is 214 Å². The molecule has 3 nitrogen and oxygen atoms in total. The number of aliphatic carboxylic acids is 1. The van der Waals surface area contributed by atoms with E-state index in [0.29, 0.717) is 4.74 Å². The molecule has 0 fully saturated rings. The van der Waals surface area contributed by atoms with Crippen molar-refractivity contribution in [1.82, 2.24) is 0 Å². The van der Waals surface area contributed by atoms with E-state index in [1.54, 1.807) is 0 Å². The van der Waals surface area contributed by atoms with Crippen molar-refractivity contribution in [1.29, 1.82) is 0 Å². The fraction of sp³-hybridized carbons (Fsp3) is 0.929. The average Bonchev–Trinajstić information content (AvgIpc) is 2.76. The molecule has 29 heteroatoms. The van der Waals surface area contributed by atoms with Crippen LogP contribution in [-0.4, -0.2) is 88.9 Å². The van der Waals surface area contributed by atoms with Crippen LogP contribution >= 0.6 is 0 Å². The number of carbonyl (C=O) groups is 1. The highest BCUT2D eigenvalue weighted by molar-refractivity contribution is 5.77. The Morgan fingerprint density at radius 2 is 0.651 bits per heavy atom. The molecule has 0 aliphatic carbocycles. The lowest BCUT2D eigenvalue weighted by Gasteiger charge is -2.43. The maximum Gasteiger partial charge on any atom is 0.430 e. The third kappa shape index (κ3) is 5.02. The van der Waals surface area contributed by atoms with Crippen LogP contribution in [0.3, 0.4) is 0 Å². The summed E-state index contributed by atoms with van der Waals surface area (Å²) in [5, 5.41) is 7.67. The van der Waals surface area contributed by atoms with Gasteiger partial charge in [0, 0.05) is 0 Å². The second kappa shape index (κ2) is 10.1. The van der Waals surface area contributed by atoms with Crippen LogP contribution in [0.5, 0.6) is 0 Å². The van der Waals surface area contributed by atoms with Crippen LogP contribution in [0.1, 0.15) is 0 Å². The van der Waals surface area contributed by atoms with Gasteiger partial charge in [0.15, 0.2) is 0 Å². The quantitative estimate of drug-likeness (QED) is 0.187. The van der Waals surface area contributed by atoms with Crippen molar-refractivity contribution in [2.45, 2.75) is 77.9 Å². The van der Waals surface area contributed by atoms with E-state index in [9.17, 15) is 119 Å². The third-order valence-corrected chi connectivity index (χ3v) is 4.71. The molecule has 0 aromatic heterocycles. The maximum absolute atomic E-state index is 13.5. The predicted octanol–water partition coefficient (Wildman–Crippen LogP) is 7.89. The number of carboxylic acids is 1. The molecule has 0 atom stereocenters. The van der Waals surface area contributed by atoms with Gasteiger partial charge in [-0.25, -0.2) is 18.3 Å². The van der Waals surface area contributed by atoms with Gasteiger partial charge in [-0.2, -0.15) is 105 Å². The summed E-state index contributed by atoms with van der Waals surface area (Å²) in [6.07, 6.45) is -24.1. The molecule has 0 aromatic carbocycles. The summed E-state index contributed by atoms with van der Waals surface area (Å²) in [4.78, 5) is 9.90. The van der Waals surface area contributed by atoms with Crippen LogP contribution in [-0.2, 0) is 9.53 Å². The Morgan fingerprint density at radius 1 is 0.419 bits per heavy atom. The molecule has 43 heavy (non-hydrogen) atoms. The second-order valence-electron chi connectivity index (χ2n) is 7.53. The molecule has 258 valence electrons. The molecule has 1 N–H and O–H groups in total. The lowest BCUT2D eigenvalue weighted by molar-refractivity contribution is -0.525. The first-order valence-corrected chi connectivity index (χ1v) is 8.85. The highest BCUT2D eigenvalue weighted by Crippen LogP contribution is 2.64. The number of hydrogen-bond acceptors (Lipinski definition) is 2. The van der Waals surface area contributed by atoms with Crippen molar-refractivity contribution in [3.05, 3.63) is 0 Å². The van der Waals surface area contributed by atoms with E-state index >= 15 is 0 Å². The van der Waals surface area contributed by atoms with Crippen LogP contribution in [0.4, 0.5) is 114 Å². The summed E-state index contributed by atoms with van der Waals surface area (Å²) >= 11 is 0. The maximum atomic E-state index is 13.5. The molecule has 0 aromatic rings. The Balaban J connectivity index is 7.07. The number of alkyl halides is 26. The Morgan fingerprint density at radius 3 is 0.907 bits per heavy atom. The van der Waals surface area contributed by atoms with Crippen LogP contribution in [0.2, 0.25) is 0 Å². The first kappa shape index (κ1) is 40.6. The van der Waals surface area contributed by atoms with Gasteiger partial charge in [0.25, 0.3) is 0 Å². The molecule has 0 saturated heterocycles. The SMILES string of the molecule is O=C(O)C(F)(F)C(F)(F)C(F)(F)C(F)(F)C(F)(F)OC(F)(F)C(F)(F)C(F)(F)C(F)(F)C(F)(F)C(F)(F)C(F)(F)C(F)F. The summed E-state index contributed by atoms with van der Waals surface area (Å²) in [7, 11) is 0. The van der Waals surface area contributed by atoms with Crippen LogP contribution in [0, 0.1) is 0 Å². The Bertz CT molecular complexity index is 1040. The smallest absolute Gasteiger partial charge is 0.430 e. The van der Waals surface area contributed by atoms with Gasteiger partial charge in [-0.3, -0.25) is 0 Å². The molecule has 0 bridgehead atoms. The average molecular weight is 712 g/mol. The van der Waals surface area contributed by atoms with Gasteiger partial charge in [-0.15, -0.1) is 0 Å². The molecule has 0 radical (unpaired) electrons. The molecular weight excluding hydrogens is 710 g/mol. The molecule has 0 aliphatic rings. The predicted molar refractivity (Wildman–Crippen MR) is 74.1 cm³/mol. The molecule has 0 saturated carbocycles. The highest BCUT2D eigenvalue weighted by Gasteiger charge is 2.96. The van der Waals surface area contributed by atoms with Gasteiger partial charge < -0.3 is 5.11 Å². The van der Waals surface area contributed by atoms with Gasteiger partial charge in [0.05, 0.1) is 0 Å². The summed E-state index contributed by atoms with van der Waals surface area (Å²) in [5.41, 5.74) is 0. The number of rotatable bonds is 14. The number of carboxylic acid groups (broad SMARTS) is 1. The van der Waals surface area contributed by atoms with Crippen molar-refractivity contribution in [2.75, 3.05) is 0 Å². The number of halogens is 26. The lowest BCUT2D eigenvalue weighted by Crippen LogP contribution is -2.75. The summed E-state index contributed by atoms with van der Waals surface area (Å²) in [5.74, 6) is -92.3. The van der Waals surface area contributed by atoms with E-state index < -0.39 is 83.8 Å². The van der Waals surface area contributed by atoms with E-state index in [1.165, 1.54) is 0 Å². The summed E-state index contributed by atoms with van der Waals surface area (Å²) < 4.78 is 341. The molecule has 0 heterocycles. The first-order chi connectivity index (χ1) is 18.1. The number of hydrogen-bond donors (Lipinski definition) is 1. The normalized spacial score (nSPS) is 16.6. The van der Waals surface area contributed by atoms with Crippen LogP contribution in [0.25, 0.3) is 0 Å². The first-order valence-electron chi connectivity index (χ1n) is 8.85. The van der Waals surface area contributed by atoms with E-state index in [0.717, 1.165) is 0 Å². The topological polar surface area (TPSA) is 46.5 Å². The standard InChI is InChI=1S/C14H2F26O3/c15-1(16)3(17,18)5(21,22)7(25,26)9(29,30)10(31,32)12(35,36)14(39,40)43-13(37,38)11(33,34)8(27,28)6(23,24)4(19,20)2(41)42/h1H,(H,41,42). The van der Waals surface area contributed by atoms with Gasteiger partial charge in [0.1, 0.15) is 0 Å². The second-order valence-corrected chi connectivity index (χ2v) is 7.53. The van der Waals surface area contributed by atoms with Crippen molar-refractivity contribution in [3.63, 3.8) is 0 Å². The molecule has 0 amide bonds. The van der Waals surface area contributed by atoms with Gasteiger partial charge >= 0.3 is 83.8 Å². The zero-order chi connectivity index (χ0) is 35.9. The third-order valence-electron chi connectivity index (χ3n) is 4.71. The van der Waals surface area contributed by atoms with E-state index in [-0.39, 0.29) is 0 Å². The lowest BCUT2D eigenvalue weighted by atomic mass is 9.91. The van der Waals surface area contributed by atoms with Crippen molar-refractivity contribution in [3.8, 4) is 0 Å². The van der Waals surface area contributed by atoms with E-state index in [4.69, 9.17) is 5.11 Å². The zero-order valence-electron chi connectivity index (χ0n) is 18.2. The van der Waals surface area contributed by atoms with Crippen molar-refractivity contribution < 1.29 is 129 Å². The molecule has 0 spiro atoms. The van der Waals surface area contributed by atoms with E-state index in [1.807, 2.05) is 0 Å². The zero-order valence-corrected chi connectivity index (χ0v) is 18.2. The highest BCUT2D eigenvalue weighted by atomic mass is 19.4. The monoisotopic (exact) mass is 712 g/mol. The Kier molecular flexibility index (Phi) is 9.50. The minimum absolute atomic E-state index is 0.709. The minimum atomic E-state index is -9.40. The van der Waals surface area contributed by atoms with Gasteiger partial charge in [0.2, 0.25) is 0 Å². The van der Waals surface area contributed by atoms with Crippen molar-refractivity contribution >= 4 is 5.97 Å². The Hall–Kier alpha value is -2.39. The molecular formula is C14H2F26O3. The minimum Gasteiger partial charge on any atom is -0.477 e. The largest absolute Gasteiger partial charge is 0.477 e. The van der Waals surface area contributed by atoms with Crippen molar-refractivity contribution in [2.24, 2.45) is 0 Å². The number of ether oxygens (including phenoxy) is 1. The molecule has 0 unspecified atom stereocenters. The van der Waals surface area contributed by atoms with E-state index in [2.05, 4.69) is 0 Å². The van der Waals surface area contributed by atoms with Gasteiger partial charge in [-0.05, 0) is 0 Å². The summed E-state index contributed by atoms with van der Waals surface area (Å²) in [6, 6.07) is 0.